The summed E-state index contributed by atoms with van der Waals surface area (Å²) >= 11 is 6.00. The first-order valence-electron chi connectivity index (χ1n) is 9.20. The topological polar surface area (TPSA) is 128 Å². The van der Waals surface area contributed by atoms with E-state index in [0.29, 0.717) is 5.02 Å². The Balaban J connectivity index is 1.16. The number of hydrogen-bond acceptors (Lipinski definition) is 6. The Kier molecular flexibility index (Phi) is 4.06. The van der Waals surface area contributed by atoms with Crippen molar-refractivity contribution in [1.29, 1.82) is 0 Å². The maximum atomic E-state index is 12.2. The number of hydrogen-bond donors (Lipinski definition) is 2. The number of halogens is 1. The van der Waals surface area contributed by atoms with Crippen LogP contribution in [0.1, 0.15) is 48.0 Å². The fourth-order valence-corrected chi connectivity index (χ4v) is 5.16. The highest BCUT2D eigenvalue weighted by Crippen LogP contribution is 2.61. The average molecular weight is 436 g/mol. The number of furan rings is 1. The van der Waals surface area contributed by atoms with Crippen molar-refractivity contribution < 1.29 is 22.0 Å². The second-order valence-electron chi connectivity index (χ2n) is 8.01. The number of benzene rings is 1. The SMILES string of the molecule is NS(=O)(=O)c1ccc(C(=O)N[C@H]2CC3(C2)C[C@H](c2nc4cc(Cl)ccc4o2)C3)o1. The zero-order valence-electron chi connectivity index (χ0n) is 15.2. The molecule has 1 amide bonds. The molecule has 0 unspecified atom stereocenters. The molecule has 2 fully saturated rings. The molecule has 1 spiro atoms. The molecule has 8 nitrogen and oxygen atoms in total. The molecule has 3 aromatic rings. The van der Waals surface area contributed by atoms with Crippen molar-refractivity contribution in [2.75, 3.05) is 0 Å². The van der Waals surface area contributed by atoms with Gasteiger partial charge in [0.05, 0.1) is 0 Å². The molecule has 2 heterocycles. The molecule has 5 rings (SSSR count). The first kappa shape index (κ1) is 18.7. The molecule has 0 radical (unpaired) electrons. The fraction of sp³-hybridized carbons (Fsp3) is 0.368. The minimum atomic E-state index is -3.96. The molecule has 0 bridgehead atoms. The summed E-state index contributed by atoms with van der Waals surface area (Å²) in [5.74, 6) is 0.518. The standard InChI is InChI=1S/C19H18ClN3O5S/c20-11-1-2-14-13(5-11)23-18(28-14)10-6-19(7-10)8-12(9-19)22-17(24)15-3-4-16(27-15)29(21,25)26/h1-5,10,12H,6-9H2,(H,22,24)(H2,21,25,26)/t10-,12-,19?. The van der Waals surface area contributed by atoms with E-state index in [1.807, 2.05) is 6.07 Å². The number of nitrogens with two attached hydrogens (primary N) is 1. The summed E-state index contributed by atoms with van der Waals surface area (Å²) in [6.45, 7) is 0. The number of nitrogens with one attached hydrogen (secondary N) is 1. The van der Waals surface area contributed by atoms with Gasteiger partial charge in [0.2, 0.25) is 5.09 Å². The van der Waals surface area contributed by atoms with Crippen molar-refractivity contribution in [2.24, 2.45) is 10.6 Å². The van der Waals surface area contributed by atoms with Crippen molar-refractivity contribution >= 4 is 38.6 Å². The average Bonchev–Trinajstić information content (AvgIpc) is 3.21. The quantitative estimate of drug-likeness (QED) is 0.647. The number of rotatable bonds is 4. The molecule has 2 aliphatic carbocycles. The highest BCUT2D eigenvalue weighted by atomic mass is 35.5. The first-order chi connectivity index (χ1) is 13.7. The molecule has 3 N–H and O–H groups in total. The summed E-state index contributed by atoms with van der Waals surface area (Å²) in [7, 11) is -3.96. The summed E-state index contributed by atoms with van der Waals surface area (Å²) < 4.78 is 33.4. The minimum absolute atomic E-state index is 0.0360. The third-order valence-corrected chi connectivity index (χ3v) is 6.87. The van der Waals surface area contributed by atoms with Crippen LogP contribution in [0.15, 0.2) is 44.3 Å². The summed E-state index contributed by atoms with van der Waals surface area (Å²) in [5, 5.41) is 8.08. The Bertz CT molecular complexity index is 1220. The normalized spacial score (nSPS) is 26.3. The van der Waals surface area contributed by atoms with Gasteiger partial charge in [-0.2, -0.15) is 0 Å². The summed E-state index contributed by atoms with van der Waals surface area (Å²) in [4.78, 5) is 16.8. The van der Waals surface area contributed by atoms with E-state index >= 15 is 0 Å². The van der Waals surface area contributed by atoms with Crippen molar-refractivity contribution in [2.45, 2.75) is 42.7 Å². The zero-order chi connectivity index (χ0) is 20.4. The Morgan fingerprint density at radius 1 is 1.17 bits per heavy atom. The number of amides is 1. The second-order valence-corrected chi connectivity index (χ2v) is 9.94. The van der Waals surface area contributed by atoms with Crippen LogP contribution in [-0.2, 0) is 10.0 Å². The van der Waals surface area contributed by atoms with Crippen molar-refractivity contribution in [1.82, 2.24) is 10.3 Å². The van der Waals surface area contributed by atoms with E-state index in [0.717, 1.165) is 42.7 Å². The molecule has 0 saturated heterocycles. The van der Waals surface area contributed by atoms with Gasteiger partial charge in [0, 0.05) is 17.0 Å². The first-order valence-corrected chi connectivity index (χ1v) is 11.1. The lowest BCUT2D eigenvalue weighted by molar-refractivity contribution is -0.0256. The van der Waals surface area contributed by atoms with Gasteiger partial charge in [-0.05, 0) is 61.4 Å². The molecule has 152 valence electrons. The van der Waals surface area contributed by atoms with Crippen LogP contribution in [0.3, 0.4) is 0 Å². The fourth-order valence-electron chi connectivity index (χ4n) is 4.53. The molecular formula is C19H18ClN3O5S. The van der Waals surface area contributed by atoms with Crippen LogP contribution in [0.2, 0.25) is 5.02 Å². The van der Waals surface area contributed by atoms with Gasteiger partial charge < -0.3 is 14.2 Å². The molecule has 0 aliphatic heterocycles. The van der Waals surface area contributed by atoms with Gasteiger partial charge in [0.15, 0.2) is 17.2 Å². The van der Waals surface area contributed by atoms with Gasteiger partial charge in [-0.1, -0.05) is 11.6 Å². The van der Waals surface area contributed by atoms with Gasteiger partial charge in [0.1, 0.15) is 5.52 Å². The van der Waals surface area contributed by atoms with E-state index in [9.17, 15) is 13.2 Å². The lowest BCUT2D eigenvalue weighted by Crippen LogP contribution is -2.55. The van der Waals surface area contributed by atoms with E-state index < -0.39 is 21.0 Å². The highest BCUT2D eigenvalue weighted by molar-refractivity contribution is 7.89. The summed E-state index contributed by atoms with van der Waals surface area (Å²) in [6.07, 6.45) is 3.67. The van der Waals surface area contributed by atoms with E-state index in [1.54, 1.807) is 12.1 Å². The minimum Gasteiger partial charge on any atom is -0.440 e. The Hall–Kier alpha value is -2.36. The monoisotopic (exact) mass is 435 g/mol. The van der Waals surface area contributed by atoms with Crippen LogP contribution in [0.25, 0.3) is 11.1 Å². The van der Waals surface area contributed by atoms with Crippen molar-refractivity contribution in [3.8, 4) is 0 Å². The predicted molar refractivity (Wildman–Crippen MR) is 104 cm³/mol. The lowest BCUT2D eigenvalue weighted by atomic mass is 9.50. The van der Waals surface area contributed by atoms with Crippen LogP contribution in [0.4, 0.5) is 0 Å². The molecular weight excluding hydrogens is 418 g/mol. The Morgan fingerprint density at radius 3 is 2.62 bits per heavy atom. The van der Waals surface area contributed by atoms with Gasteiger partial charge >= 0.3 is 0 Å². The Morgan fingerprint density at radius 2 is 1.93 bits per heavy atom. The van der Waals surface area contributed by atoms with Crippen LogP contribution in [-0.4, -0.2) is 25.4 Å². The number of aromatic nitrogens is 1. The molecule has 2 saturated carbocycles. The number of oxazole rings is 1. The van der Waals surface area contributed by atoms with Crippen molar-refractivity contribution in [3.63, 3.8) is 0 Å². The molecule has 1 aromatic carbocycles. The number of carbonyl (C=O) groups is 1. The number of primary sulfonamides is 1. The van der Waals surface area contributed by atoms with Gasteiger partial charge in [0.25, 0.3) is 15.9 Å². The zero-order valence-corrected chi connectivity index (χ0v) is 16.8. The van der Waals surface area contributed by atoms with Crippen molar-refractivity contribution in [3.05, 3.63) is 47.0 Å². The van der Waals surface area contributed by atoms with E-state index in [-0.39, 0.29) is 23.1 Å². The lowest BCUT2D eigenvalue weighted by Gasteiger charge is -2.57. The number of nitrogens with zero attached hydrogens (tertiary/aromatic N) is 1. The summed E-state index contributed by atoms with van der Waals surface area (Å²) in [6, 6.07) is 7.93. The molecule has 0 atom stereocenters. The molecule has 10 heteroatoms. The largest absolute Gasteiger partial charge is 0.440 e. The van der Waals surface area contributed by atoms with E-state index in [4.69, 9.17) is 25.6 Å². The van der Waals surface area contributed by atoms with Crippen LogP contribution < -0.4 is 10.5 Å². The van der Waals surface area contributed by atoms with Crippen LogP contribution >= 0.6 is 11.6 Å². The van der Waals surface area contributed by atoms with Gasteiger partial charge in [-0.15, -0.1) is 0 Å². The van der Waals surface area contributed by atoms with E-state index in [2.05, 4.69) is 10.3 Å². The second kappa shape index (κ2) is 6.32. The highest BCUT2D eigenvalue weighted by Gasteiger charge is 2.54. The third kappa shape index (κ3) is 3.33. The van der Waals surface area contributed by atoms with Crippen LogP contribution in [0.5, 0.6) is 0 Å². The number of fused-ring (bicyclic) bond motifs is 1. The summed E-state index contributed by atoms with van der Waals surface area (Å²) in [5.41, 5.74) is 1.71. The predicted octanol–water partition coefficient (Wildman–Crippen LogP) is 3.18. The van der Waals surface area contributed by atoms with Crippen LogP contribution in [0, 0.1) is 5.41 Å². The number of sulfonamides is 1. The maximum absolute atomic E-state index is 12.2. The van der Waals surface area contributed by atoms with Gasteiger partial charge in [-0.3, -0.25) is 4.79 Å². The maximum Gasteiger partial charge on any atom is 0.287 e. The third-order valence-electron chi connectivity index (χ3n) is 5.85. The number of carbonyl (C=O) groups excluding carboxylic acids is 1. The molecule has 29 heavy (non-hydrogen) atoms. The smallest absolute Gasteiger partial charge is 0.287 e. The Labute approximate surface area is 171 Å². The molecule has 2 aliphatic rings. The van der Waals surface area contributed by atoms with Gasteiger partial charge in [-0.25, -0.2) is 18.5 Å². The van der Waals surface area contributed by atoms with E-state index in [1.165, 1.54) is 12.1 Å². The molecule has 2 aromatic heterocycles.